The third-order valence-electron chi connectivity index (χ3n) is 4.08. The van der Waals surface area contributed by atoms with Gasteiger partial charge in [-0.3, -0.25) is 0 Å². The molecule has 0 saturated heterocycles. The topological polar surface area (TPSA) is 77.8 Å². The summed E-state index contributed by atoms with van der Waals surface area (Å²) in [5.41, 5.74) is 2.50. The fourth-order valence-corrected chi connectivity index (χ4v) is 3.21. The summed E-state index contributed by atoms with van der Waals surface area (Å²) in [5, 5.41) is 20.9. The first-order chi connectivity index (χ1) is 11.0. The molecule has 1 atom stereocenters. The zero-order valence-corrected chi connectivity index (χ0v) is 15.4. The number of hydrogen-bond donors (Lipinski definition) is 3. The van der Waals surface area contributed by atoms with Gasteiger partial charge in [-0.25, -0.2) is 4.21 Å². The van der Waals surface area contributed by atoms with E-state index in [0.717, 1.165) is 11.1 Å². The fraction of sp³-hybridized carbons (Fsp3) is 0.368. The Labute approximate surface area is 145 Å². The highest BCUT2D eigenvalue weighted by Crippen LogP contribution is 2.44. The molecular weight excluding hydrogens is 324 g/mol. The van der Waals surface area contributed by atoms with Gasteiger partial charge in [-0.1, -0.05) is 58.9 Å². The molecule has 0 amide bonds. The van der Waals surface area contributed by atoms with Crippen LogP contribution in [-0.4, -0.2) is 19.0 Å². The second kappa shape index (κ2) is 6.57. The molecule has 0 saturated carbocycles. The van der Waals surface area contributed by atoms with Crippen molar-refractivity contribution in [3.05, 3.63) is 41.5 Å². The van der Waals surface area contributed by atoms with Crippen LogP contribution < -0.4 is 0 Å². The van der Waals surface area contributed by atoms with E-state index < -0.39 is 11.1 Å². The summed E-state index contributed by atoms with van der Waals surface area (Å²) in [5.74, 6) is -0.570. The van der Waals surface area contributed by atoms with Crippen LogP contribution >= 0.6 is 0 Å². The van der Waals surface area contributed by atoms with Crippen LogP contribution in [0.2, 0.25) is 0 Å². The van der Waals surface area contributed by atoms with Crippen LogP contribution in [-0.2, 0) is 16.5 Å². The monoisotopic (exact) mass is 348 g/mol. The van der Waals surface area contributed by atoms with Gasteiger partial charge in [0.15, 0.2) is 11.1 Å². The SMILES string of the molecule is CC(C)c1c(O)c(-c2cccc(C(C)(C)C)c2)cc(S(=O)O)c1O. The molecule has 2 rings (SSSR count). The average molecular weight is 348 g/mol. The van der Waals surface area contributed by atoms with Crippen molar-refractivity contribution in [1.29, 1.82) is 0 Å². The highest BCUT2D eigenvalue weighted by atomic mass is 32.2. The van der Waals surface area contributed by atoms with E-state index in [0.29, 0.717) is 5.56 Å². The summed E-state index contributed by atoms with van der Waals surface area (Å²) in [6.45, 7) is 9.91. The van der Waals surface area contributed by atoms with Gasteiger partial charge in [0, 0.05) is 11.1 Å². The Morgan fingerprint density at radius 2 is 1.67 bits per heavy atom. The van der Waals surface area contributed by atoms with Gasteiger partial charge in [-0.05, 0) is 28.5 Å². The summed E-state index contributed by atoms with van der Waals surface area (Å²) in [6, 6.07) is 9.09. The summed E-state index contributed by atoms with van der Waals surface area (Å²) < 4.78 is 21.1. The molecule has 0 bridgehead atoms. The van der Waals surface area contributed by atoms with Crippen LogP contribution in [0.25, 0.3) is 11.1 Å². The minimum absolute atomic E-state index is 0.0530. The van der Waals surface area contributed by atoms with Crippen molar-refractivity contribution < 1.29 is 19.0 Å². The van der Waals surface area contributed by atoms with Crippen LogP contribution in [0.3, 0.4) is 0 Å². The molecule has 130 valence electrons. The number of benzene rings is 2. The maximum Gasteiger partial charge on any atom is 0.190 e. The van der Waals surface area contributed by atoms with Crippen molar-refractivity contribution >= 4 is 11.1 Å². The number of rotatable bonds is 3. The van der Waals surface area contributed by atoms with Crippen LogP contribution in [0.15, 0.2) is 35.2 Å². The molecule has 5 heteroatoms. The van der Waals surface area contributed by atoms with Gasteiger partial charge < -0.3 is 14.8 Å². The first-order valence-corrected chi connectivity index (χ1v) is 8.95. The lowest BCUT2D eigenvalue weighted by molar-refractivity contribution is 0.423. The Balaban J connectivity index is 2.78. The highest BCUT2D eigenvalue weighted by molar-refractivity contribution is 7.79. The molecule has 0 aliphatic heterocycles. The zero-order chi connectivity index (χ0) is 18.2. The third kappa shape index (κ3) is 3.47. The lowest BCUT2D eigenvalue weighted by Gasteiger charge is -2.21. The molecule has 0 radical (unpaired) electrons. The van der Waals surface area contributed by atoms with Crippen molar-refractivity contribution in [1.82, 2.24) is 0 Å². The van der Waals surface area contributed by atoms with E-state index in [9.17, 15) is 19.0 Å². The number of phenolic OH excluding ortho intramolecular Hbond substituents is 2. The minimum Gasteiger partial charge on any atom is -0.507 e. The Morgan fingerprint density at radius 1 is 1.04 bits per heavy atom. The number of hydrogen-bond acceptors (Lipinski definition) is 3. The van der Waals surface area contributed by atoms with Gasteiger partial charge in [0.1, 0.15) is 16.4 Å². The zero-order valence-electron chi connectivity index (χ0n) is 14.6. The summed E-state index contributed by atoms with van der Waals surface area (Å²) >= 11 is -2.34. The van der Waals surface area contributed by atoms with Crippen molar-refractivity contribution in [3.8, 4) is 22.6 Å². The predicted octanol–water partition coefficient (Wildman–Crippen LogP) is 4.77. The van der Waals surface area contributed by atoms with E-state index in [2.05, 4.69) is 20.8 Å². The largest absolute Gasteiger partial charge is 0.507 e. The lowest BCUT2D eigenvalue weighted by atomic mass is 9.85. The van der Waals surface area contributed by atoms with E-state index in [1.165, 1.54) is 6.07 Å². The van der Waals surface area contributed by atoms with Gasteiger partial charge in [0.2, 0.25) is 0 Å². The Bertz CT molecular complexity index is 789. The number of phenols is 2. The van der Waals surface area contributed by atoms with Gasteiger partial charge in [-0.15, -0.1) is 0 Å². The van der Waals surface area contributed by atoms with Crippen LogP contribution in [0.4, 0.5) is 0 Å². The Hall–Kier alpha value is -1.85. The molecule has 1 unspecified atom stereocenters. The molecule has 0 fully saturated rings. The third-order valence-corrected chi connectivity index (χ3v) is 4.77. The standard InChI is InChI=1S/C19H24O4S/c1-11(2)16-17(20)14(10-15(18(16)21)24(22)23)12-7-6-8-13(9-12)19(3,4)5/h6-11,20-21H,1-5H3,(H,22,23). The van der Waals surface area contributed by atoms with Crippen molar-refractivity contribution in [2.45, 2.75) is 50.8 Å². The van der Waals surface area contributed by atoms with Crippen LogP contribution in [0, 0.1) is 0 Å². The molecule has 0 spiro atoms. The van der Waals surface area contributed by atoms with E-state index in [1.807, 2.05) is 38.1 Å². The molecule has 4 nitrogen and oxygen atoms in total. The van der Waals surface area contributed by atoms with E-state index in [1.54, 1.807) is 0 Å². The van der Waals surface area contributed by atoms with Crippen LogP contribution in [0.5, 0.6) is 11.5 Å². The molecule has 0 heterocycles. The van der Waals surface area contributed by atoms with Crippen molar-refractivity contribution in [2.75, 3.05) is 0 Å². The van der Waals surface area contributed by atoms with Gasteiger partial charge in [0.05, 0.1) is 0 Å². The summed E-state index contributed by atoms with van der Waals surface area (Å²) in [7, 11) is 0. The highest BCUT2D eigenvalue weighted by Gasteiger charge is 2.23. The molecule has 24 heavy (non-hydrogen) atoms. The molecular formula is C19H24O4S. The molecule has 0 aromatic heterocycles. The quantitative estimate of drug-likeness (QED) is 0.699. The van der Waals surface area contributed by atoms with E-state index in [4.69, 9.17) is 0 Å². The Morgan fingerprint density at radius 3 is 2.17 bits per heavy atom. The maximum absolute atomic E-state index is 11.6. The first kappa shape index (κ1) is 18.5. The van der Waals surface area contributed by atoms with Gasteiger partial charge >= 0.3 is 0 Å². The van der Waals surface area contributed by atoms with Crippen molar-refractivity contribution in [3.63, 3.8) is 0 Å². The smallest absolute Gasteiger partial charge is 0.190 e. The van der Waals surface area contributed by atoms with E-state index >= 15 is 0 Å². The number of aromatic hydroxyl groups is 2. The maximum atomic E-state index is 11.6. The average Bonchev–Trinajstić information content (AvgIpc) is 2.46. The lowest BCUT2D eigenvalue weighted by Crippen LogP contribution is -2.10. The summed E-state index contributed by atoms with van der Waals surface area (Å²) in [4.78, 5) is -0.0901. The predicted molar refractivity (Wildman–Crippen MR) is 97.0 cm³/mol. The second-order valence-electron chi connectivity index (χ2n) is 7.27. The molecule has 2 aromatic carbocycles. The van der Waals surface area contributed by atoms with E-state index in [-0.39, 0.29) is 33.3 Å². The van der Waals surface area contributed by atoms with Gasteiger partial charge in [0.25, 0.3) is 0 Å². The normalized spacial score (nSPS) is 13.3. The molecule has 0 aliphatic carbocycles. The fourth-order valence-electron chi connectivity index (χ4n) is 2.71. The summed E-state index contributed by atoms with van der Waals surface area (Å²) in [6.07, 6.45) is 0. The minimum atomic E-state index is -2.34. The Kier molecular flexibility index (Phi) is 5.06. The van der Waals surface area contributed by atoms with Gasteiger partial charge in [-0.2, -0.15) is 0 Å². The second-order valence-corrected chi connectivity index (χ2v) is 8.21. The first-order valence-electron chi connectivity index (χ1n) is 7.84. The van der Waals surface area contributed by atoms with Crippen molar-refractivity contribution in [2.24, 2.45) is 0 Å². The van der Waals surface area contributed by atoms with Crippen LogP contribution in [0.1, 0.15) is 51.7 Å². The molecule has 3 N–H and O–H groups in total. The molecule has 0 aliphatic rings. The molecule has 2 aromatic rings.